The number of Topliss-reactive ketones (excluding diaryl/α,β-unsaturated/α-hetero) is 1. The lowest BCUT2D eigenvalue weighted by atomic mass is 9.84. The zero-order chi connectivity index (χ0) is 16.6. The maximum atomic E-state index is 12.5. The van der Waals surface area contributed by atoms with Gasteiger partial charge in [0.25, 0.3) is 5.91 Å². The van der Waals surface area contributed by atoms with Crippen LogP contribution in [0.1, 0.15) is 5.56 Å². The van der Waals surface area contributed by atoms with Crippen LogP contribution in [0.25, 0.3) is 5.76 Å². The highest BCUT2D eigenvalue weighted by molar-refractivity contribution is 6.45. The van der Waals surface area contributed by atoms with Crippen molar-refractivity contribution < 1.29 is 24.6 Å². The molecule has 1 aliphatic carbocycles. The highest BCUT2D eigenvalue weighted by atomic mass is 16.4. The summed E-state index contributed by atoms with van der Waals surface area (Å²) in [4.78, 5) is 39.7. The lowest BCUT2D eigenvalue weighted by Crippen LogP contribution is -2.35. The van der Waals surface area contributed by atoms with Crippen molar-refractivity contribution >= 4 is 29.1 Å². The van der Waals surface area contributed by atoms with E-state index < -0.39 is 34.9 Å². The Morgan fingerprint density at radius 2 is 1.78 bits per heavy atom. The number of allylic oxidation sites excluding steroid dienone is 3. The largest absolute Gasteiger partial charge is 0.506 e. The highest BCUT2D eigenvalue weighted by Gasteiger charge is 2.39. The van der Waals surface area contributed by atoms with E-state index in [0.29, 0.717) is 5.56 Å². The van der Waals surface area contributed by atoms with Gasteiger partial charge in [-0.15, -0.1) is 0 Å². The van der Waals surface area contributed by atoms with Gasteiger partial charge in [0.05, 0.1) is 5.71 Å². The second kappa shape index (κ2) is 5.49. The average molecular weight is 309 g/mol. The Kier molecular flexibility index (Phi) is 3.50. The Balaban J connectivity index is 2.15. The number of aliphatic imine (C=N–C) groups is 1. The lowest BCUT2D eigenvalue weighted by molar-refractivity contribution is -0.138. The van der Waals surface area contributed by atoms with E-state index in [0.717, 1.165) is 0 Å². The van der Waals surface area contributed by atoms with E-state index in [9.17, 15) is 19.5 Å². The number of hydrogen-bond donors (Lipinski definition) is 2. The van der Waals surface area contributed by atoms with E-state index in [1.165, 1.54) is 18.2 Å². The van der Waals surface area contributed by atoms with E-state index in [4.69, 9.17) is 5.11 Å². The van der Waals surface area contributed by atoms with Gasteiger partial charge in [-0.3, -0.25) is 14.4 Å². The van der Waals surface area contributed by atoms with Crippen molar-refractivity contribution in [1.82, 2.24) is 0 Å². The van der Waals surface area contributed by atoms with Crippen LogP contribution >= 0.6 is 0 Å². The van der Waals surface area contributed by atoms with Crippen molar-refractivity contribution in [2.75, 3.05) is 0 Å². The number of fused-ring (bicyclic) bond motifs is 1. The van der Waals surface area contributed by atoms with Gasteiger partial charge in [-0.1, -0.05) is 42.5 Å². The molecule has 1 unspecified atom stereocenters. The quantitative estimate of drug-likeness (QED) is 0.491. The second-order valence-electron chi connectivity index (χ2n) is 5.00. The Morgan fingerprint density at radius 3 is 2.43 bits per heavy atom. The molecule has 23 heavy (non-hydrogen) atoms. The molecule has 1 amide bonds. The number of amides is 1. The fourth-order valence-corrected chi connectivity index (χ4v) is 2.47. The van der Waals surface area contributed by atoms with Crippen LogP contribution < -0.4 is 0 Å². The average Bonchev–Trinajstić information content (AvgIpc) is 2.55. The molecule has 1 aliphatic heterocycles. The van der Waals surface area contributed by atoms with Gasteiger partial charge in [0.2, 0.25) is 5.78 Å². The van der Waals surface area contributed by atoms with E-state index in [1.807, 2.05) is 0 Å². The third-order valence-electron chi connectivity index (χ3n) is 3.59. The summed E-state index contributed by atoms with van der Waals surface area (Å²) < 4.78 is 0. The standard InChI is InChI=1S/C17H11NO5/c19-14(9-5-2-1-3-6-9)12-15(20)10-7-4-8-11(17(22)23)13(10)18-16(12)21/h1-8,11,19H,(H,22,23)/b14-12-. The molecule has 0 spiro atoms. The van der Waals surface area contributed by atoms with Crippen molar-refractivity contribution in [2.45, 2.75) is 0 Å². The van der Waals surface area contributed by atoms with Crippen LogP contribution in [0.3, 0.4) is 0 Å². The number of carbonyl (C=O) groups is 3. The maximum Gasteiger partial charge on any atom is 0.316 e. The van der Waals surface area contributed by atoms with Gasteiger partial charge in [-0.2, -0.15) is 0 Å². The normalized spacial score (nSPS) is 22.2. The molecule has 0 aromatic heterocycles. The third-order valence-corrected chi connectivity index (χ3v) is 3.59. The molecule has 1 aromatic carbocycles. The summed E-state index contributed by atoms with van der Waals surface area (Å²) in [6.45, 7) is 0. The number of aliphatic hydroxyl groups excluding tert-OH is 1. The molecule has 0 saturated carbocycles. The summed E-state index contributed by atoms with van der Waals surface area (Å²) >= 11 is 0. The summed E-state index contributed by atoms with van der Waals surface area (Å²) in [6, 6.07) is 8.14. The molecule has 0 saturated heterocycles. The summed E-state index contributed by atoms with van der Waals surface area (Å²) in [6.07, 6.45) is 4.17. The van der Waals surface area contributed by atoms with Crippen molar-refractivity contribution in [1.29, 1.82) is 0 Å². The van der Waals surface area contributed by atoms with E-state index in [-0.39, 0.29) is 11.3 Å². The van der Waals surface area contributed by atoms with Gasteiger partial charge in [-0.25, -0.2) is 4.99 Å². The van der Waals surface area contributed by atoms with Crippen LogP contribution in [0.15, 0.2) is 64.7 Å². The molecule has 1 atom stereocenters. The van der Waals surface area contributed by atoms with Crippen LogP contribution in [0.5, 0.6) is 0 Å². The van der Waals surface area contributed by atoms with Crippen molar-refractivity contribution in [3.05, 3.63) is 65.3 Å². The number of carbonyl (C=O) groups excluding carboxylic acids is 2. The van der Waals surface area contributed by atoms with Crippen LogP contribution in [0.2, 0.25) is 0 Å². The van der Waals surface area contributed by atoms with Crippen LogP contribution in [0, 0.1) is 5.92 Å². The molecule has 1 heterocycles. The van der Waals surface area contributed by atoms with Gasteiger partial charge in [-0.05, 0) is 6.08 Å². The summed E-state index contributed by atoms with van der Waals surface area (Å²) in [5.41, 5.74) is -0.230. The number of benzene rings is 1. The zero-order valence-electron chi connectivity index (χ0n) is 11.8. The molecule has 2 aliphatic rings. The number of ketones is 1. The minimum atomic E-state index is -1.20. The van der Waals surface area contributed by atoms with E-state index in [2.05, 4.69) is 4.99 Å². The molecule has 6 nitrogen and oxygen atoms in total. The Hall–Kier alpha value is -3.28. The van der Waals surface area contributed by atoms with Crippen molar-refractivity contribution in [2.24, 2.45) is 10.9 Å². The first-order valence-electron chi connectivity index (χ1n) is 6.78. The van der Waals surface area contributed by atoms with Gasteiger partial charge in [0, 0.05) is 11.1 Å². The lowest BCUT2D eigenvalue weighted by Gasteiger charge is -2.22. The molecule has 1 aromatic rings. The first-order chi connectivity index (χ1) is 11.0. The van der Waals surface area contributed by atoms with Gasteiger partial charge < -0.3 is 10.2 Å². The highest BCUT2D eigenvalue weighted by Crippen LogP contribution is 2.29. The van der Waals surface area contributed by atoms with Gasteiger partial charge in [0.1, 0.15) is 17.3 Å². The third kappa shape index (κ3) is 2.40. The molecule has 0 radical (unpaired) electrons. The fraction of sp³-hybridized carbons (Fsp3) is 0.0588. The first-order valence-corrected chi connectivity index (χ1v) is 6.78. The molecule has 6 heteroatoms. The second-order valence-corrected chi connectivity index (χ2v) is 5.00. The number of nitrogens with zero attached hydrogens (tertiary/aromatic N) is 1. The van der Waals surface area contributed by atoms with Crippen molar-refractivity contribution in [3.8, 4) is 0 Å². The molecule has 3 rings (SSSR count). The predicted molar refractivity (Wildman–Crippen MR) is 81.8 cm³/mol. The van der Waals surface area contributed by atoms with Crippen LogP contribution in [-0.2, 0) is 14.4 Å². The van der Waals surface area contributed by atoms with E-state index in [1.54, 1.807) is 30.3 Å². The monoisotopic (exact) mass is 309 g/mol. The minimum absolute atomic E-state index is 0.0111. The Morgan fingerprint density at radius 1 is 1.09 bits per heavy atom. The molecular formula is C17H11NO5. The number of rotatable bonds is 2. The minimum Gasteiger partial charge on any atom is -0.506 e. The number of aliphatic carboxylic acids is 1. The number of hydrogen-bond acceptors (Lipinski definition) is 4. The van der Waals surface area contributed by atoms with Gasteiger partial charge >= 0.3 is 5.97 Å². The summed E-state index contributed by atoms with van der Waals surface area (Å²) in [7, 11) is 0. The summed E-state index contributed by atoms with van der Waals surface area (Å²) in [5.74, 6) is -4.48. The van der Waals surface area contributed by atoms with Crippen LogP contribution in [-0.4, -0.2) is 33.6 Å². The SMILES string of the molecule is O=C1N=C2C(=CC=CC2C(=O)O)C(=O)/C1=C(/O)c1ccccc1. The summed E-state index contributed by atoms with van der Waals surface area (Å²) in [5, 5.41) is 19.4. The smallest absolute Gasteiger partial charge is 0.316 e. The molecule has 114 valence electrons. The van der Waals surface area contributed by atoms with Gasteiger partial charge in [0.15, 0.2) is 0 Å². The predicted octanol–water partition coefficient (Wildman–Crippen LogP) is 1.70. The van der Waals surface area contributed by atoms with Crippen molar-refractivity contribution in [3.63, 3.8) is 0 Å². The molecular weight excluding hydrogens is 298 g/mol. The van der Waals surface area contributed by atoms with E-state index >= 15 is 0 Å². The Labute approximate surface area is 130 Å². The molecule has 0 bridgehead atoms. The maximum absolute atomic E-state index is 12.5. The molecule has 2 N–H and O–H groups in total. The van der Waals surface area contributed by atoms with Crippen LogP contribution in [0.4, 0.5) is 0 Å². The zero-order valence-corrected chi connectivity index (χ0v) is 11.8. The number of carboxylic acid groups (broad SMARTS) is 1. The number of carboxylic acids is 1. The number of aliphatic hydroxyl groups is 1. The topological polar surface area (TPSA) is 104 Å². The fourth-order valence-electron chi connectivity index (χ4n) is 2.47. The molecule has 0 fully saturated rings. The Bertz CT molecular complexity index is 843. The first kappa shape index (κ1) is 14.6.